The van der Waals surface area contributed by atoms with Crippen LogP contribution < -0.4 is 14.9 Å². The highest BCUT2D eigenvalue weighted by Crippen LogP contribution is 2.49. The van der Waals surface area contributed by atoms with Crippen LogP contribution in [0.4, 0.5) is 0 Å². The molecule has 1 amide bonds. The van der Waals surface area contributed by atoms with Gasteiger partial charge in [-0.05, 0) is 66.1 Å². The highest BCUT2D eigenvalue weighted by Gasteiger charge is 2.33. The second kappa shape index (κ2) is 14.0. The number of carbonyl (C=O) groups excluding carboxylic acids is 2. The van der Waals surface area contributed by atoms with Crippen molar-refractivity contribution in [1.29, 1.82) is 0 Å². The predicted molar refractivity (Wildman–Crippen MR) is 184 cm³/mol. The van der Waals surface area contributed by atoms with Gasteiger partial charge in [-0.15, -0.1) is 0 Å². The molecule has 1 unspecified atom stereocenters. The first-order chi connectivity index (χ1) is 22.9. The van der Waals surface area contributed by atoms with Crippen LogP contribution in [0.15, 0.2) is 119 Å². The standard InChI is InChI=1S/C35H30N5O5PS/c1-36-35(42)29-14-5-6-16-33(29)47-26-18-19-28-30(20-17-25-12-7-8-21-37-25)39-40(31(28)22-26)46(43,38-23-34(41)44-2)45-32-15-9-11-24-10-3-4-13-27(24)32/h3-22H,23H2,1-2H3,(H,36,42)(H,38,43)/b20-17+. The minimum Gasteiger partial charge on any atom is -0.468 e. The van der Waals surface area contributed by atoms with Gasteiger partial charge in [0.2, 0.25) is 0 Å². The highest BCUT2D eigenvalue weighted by molar-refractivity contribution is 7.99. The Labute approximate surface area is 275 Å². The lowest BCUT2D eigenvalue weighted by molar-refractivity contribution is -0.139. The molecule has 2 N–H and O–H groups in total. The smallest absolute Gasteiger partial charge is 0.440 e. The number of ether oxygens (including phenoxy) is 1. The van der Waals surface area contributed by atoms with Crippen molar-refractivity contribution in [3.05, 3.63) is 126 Å². The zero-order chi connectivity index (χ0) is 32.8. The van der Waals surface area contributed by atoms with Crippen molar-refractivity contribution in [2.75, 3.05) is 20.7 Å². The van der Waals surface area contributed by atoms with Crippen molar-refractivity contribution >= 4 is 65.1 Å². The van der Waals surface area contributed by atoms with Crippen molar-refractivity contribution in [2.45, 2.75) is 9.79 Å². The van der Waals surface area contributed by atoms with E-state index < -0.39 is 20.2 Å². The maximum atomic E-state index is 15.1. The van der Waals surface area contributed by atoms with Gasteiger partial charge in [-0.1, -0.05) is 66.4 Å². The lowest BCUT2D eigenvalue weighted by Crippen LogP contribution is -2.27. The molecule has 0 radical (unpaired) electrons. The zero-order valence-electron chi connectivity index (χ0n) is 25.5. The molecule has 6 aromatic rings. The van der Waals surface area contributed by atoms with Gasteiger partial charge >= 0.3 is 13.6 Å². The molecule has 0 spiro atoms. The third-order valence-corrected chi connectivity index (χ3v) is 10.1. The van der Waals surface area contributed by atoms with E-state index >= 15 is 4.57 Å². The molecule has 0 bridgehead atoms. The number of nitrogens with one attached hydrogen (secondary N) is 2. The summed E-state index contributed by atoms with van der Waals surface area (Å²) < 4.78 is 27.6. The minimum atomic E-state index is -4.19. The van der Waals surface area contributed by atoms with E-state index in [1.165, 1.54) is 23.3 Å². The second-order valence-electron chi connectivity index (χ2n) is 10.2. The van der Waals surface area contributed by atoms with Crippen molar-refractivity contribution in [1.82, 2.24) is 24.9 Å². The number of fused-ring (bicyclic) bond motifs is 2. The Morgan fingerprint density at radius 3 is 2.51 bits per heavy atom. The molecule has 0 aliphatic heterocycles. The Hall–Kier alpha value is -5.22. The van der Waals surface area contributed by atoms with Gasteiger partial charge in [-0.2, -0.15) is 9.55 Å². The molecule has 1 atom stereocenters. The fourth-order valence-electron chi connectivity index (χ4n) is 4.92. The number of nitrogens with zero attached hydrogens (tertiary/aromatic N) is 3. The van der Waals surface area contributed by atoms with Crippen molar-refractivity contribution in [3.63, 3.8) is 0 Å². The largest absolute Gasteiger partial charge is 0.468 e. The lowest BCUT2D eigenvalue weighted by Gasteiger charge is -2.21. The van der Waals surface area contributed by atoms with Crippen molar-refractivity contribution in [3.8, 4) is 5.75 Å². The van der Waals surface area contributed by atoms with E-state index in [1.807, 2.05) is 91.0 Å². The molecule has 0 aliphatic carbocycles. The van der Waals surface area contributed by atoms with Crippen LogP contribution in [-0.2, 0) is 14.1 Å². The van der Waals surface area contributed by atoms with Gasteiger partial charge < -0.3 is 14.6 Å². The Balaban J connectivity index is 1.51. The van der Waals surface area contributed by atoms with Gasteiger partial charge in [0, 0.05) is 33.8 Å². The molecule has 4 aromatic carbocycles. The molecule has 0 saturated heterocycles. The molecule has 47 heavy (non-hydrogen) atoms. The van der Waals surface area contributed by atoms with E-state index in [2.05, 4.69) is 15.4 Å². The summed E-state index contributed by atoms with van der Waals surface area (Å²) >= 11 is 1.38. The Morgan fingerprint density at radius 2 is 1.70 bits per heavy atom. The van der Waals surface area contributed by atoms with Crippen molar-refractivity contribution in [2.24, 2.45) is 0 Å². The average molecular weight is 664 g/mol. The topological polar surface area (TPSA) is 124 Å². The predicted octanol–water partition coefficient (Wildman–Crippen LogP) is 7.06. The first-order valence-corrected chi connectivity index (χ1v) is 17.0. The van der Waals surface area contributed by atoms with Crippen LogP contribution in [0.3, 0.4) is 0 Å². The average Bonchev–Trinajstić information content (AvgIpc) is 3.48. The monoisotopic (exact) mass is 663 g/mol. The van der Waals surface area contributed by atoms with Crippen LogP contribution in [0, 0.1) is 0 Å². The molecule has 236 valence electrons. The molecule has 0 saturated carbocycles. The first-order valence-electron chi connectivity index (χ1n) is 14.6. The van der Waals surface area contributed by atoms with Crippen LogP contribution in [0.5, 0.6) is 5.75 Å². The number of carbonyl (C=O) groups is 2. The summed E-state index contributed by atoms with van der Waals surface area (Å²) in [5.41, 5.74) is 2.23. The van der Waals surface area contributed by atoms with E-state index in [9.17, 15) is 9.59 Å². The van der Waals surface area contributed by atoms with Crippen LogP contribution >= 0.6 is 19.4 Å². The SMILES string of the molecule is CNC(=O)c1ccccc1Sc1ccc2c(/C=C/c3ccccn3)nn(P(=O)(NCC(=O)OC)Oc3cccc4ccccc34)c2c1. The van der Waals surface area contributed by atoms with Gasteiger partial charge in [0.25, 0.3) is 5.91 Å². The molecular formula is C35H30N5O5PS. The lowest BCUT2D eigenvalue weighted by atomic mass is 10.1. The number of hydrogen-bond donors (Lipinski definition) is 2. The number of pyridine rings is 1. The zero-order valence-corrected chi connectivity index (χ0v) is 27.2. The van der Waals surface area contributed by atoms with Gasteiger partial charge in [-0.25, -0.2) is 9.65 Å². The molecule has 12 heteroatoms. The van der Waals surface area contributed by atoms with Gasteiger partial charge in [0.05, 0.1) is 29.6 Å². The number of esters is 1. The molecular weight excluding hydrogens is 633 g/mol. The fourth-order valence-corrected chi connectivity index (χ4v) is 7.59. The molecule has 2 aromatic heterocycles. The molecule has 10 nitrogen and oxygen atoms in total. The minimum absolute atomic E-state index is 0.207. The third kappa shape index (κ3) is 6.97. The number of aromatic nitrogens is 3. The van der Waals surface area contributed by atoms with Crippen LogP contribution in [0.1, 0.15) is 21.7 Å². The summed E-state index contributed by atoms with van der Waals surface area (Å²) in [7, 11) is -1.34. The number of methoxy groups -OCH3 is 1. The number of hydrogen-bond acceptors (Lipinski definition) is 8. The highest BCUT2D eigenvalue weighted by atomic mass is 32.2. The number of benzene rings is 4. The Kier molecular flexibility index (Phi) is 9.49. The van der Waals surface area contributed by atoms with Crippen LogP contribution in [0.25, 0.3) is 33.8 Å². The molecule has 0 fully saturated rings. The molecule has 2 heterocycles. The van der Waals surface area contributed by atoms with E-state index in [1.54, 1.807) is 37.5 Å². The summed E-state index contributed by atoms with van der Waals surface area (Å²) in [6, 6.07) is 31.5. The van der Waals surface area contributed by atoms with Gasteiger partial charge in [-0.3, -0.25) is 14.6 Å². The number of amides is 1. The van der Waals surface area contributed by atoms with Crippen LogP contribution in [-0.4, -0.2) is 47.1 Å². The summed E-state index contributed by atoms with van der Waals surface area (Å²) in [6.07, 6.45) is 5.30. The number of rotatable bonds is 11. The summed E-state index contributed by atoms with van der Waals surface area (Å²) in [4.78, 5) is 30.8. The first kappa shape index (κ1) is 31.7. The van der Waals surface area contributed by atoms with Gasteiger partial charge in [0.15, 0.2) is 0 Å². The van der Waals surface area contributed by atoms with Crippen molar-refractivity contribution < 1.29 is 23.4 Å². The second-order valence-corrected chi connectivity index (χ2v) is 13.3. The Bertz CT molecular complexity index is 2160. The van der Waals surface area contributed by atoms with E-state index in [0.29, 0.717) is 33.6 Å². The third-order valence-electron chi connectivity index (χ3n) is 7.22. The molecule has 6 rings (SSSR count). The summed E-state index contributed by atoms with van der Waals surface area (Å²) in [5.74, 6) is -0.482. The van der Waals surface area contributed by atoms with E-state index in [4.69, 9.17) is 14.4 Å². The maximum Gasteiger partial charge on any atom is 0.440 e. The fraction of sp³-hybridized carbons (Fsp3) is 0.0857. The summed E-state index contributed by atoms with van der Waals surface area (Å²) in [5, 5.41) is 12.6. The Morgan fingerprint density at radius 1 is 0.915 bits per heavy atom. The quantitative estimate of drug-likeness (QED) is 0.111. The maximum absolute atomic E-state index is 15.1. The molecule has 0 aliphatic rings. The van der Waals surface area contributed by atoms with Crippen LogP contribution in [0.2, 0.25) is 0 Å². The van der Waals surface area contributed by atoms with E-state index in [-0.39, 0.29) is 5.91 Å². The van der Waals surface area contributed by atoms with E-state index in [0.717, 1.165) is 20.6 Å². The van der Waals surface area contributed by atoms with Gasteiger partial charge in [0.1, 0.15) is 12.3 Å². The summed E-state index contributed by atoms with van der Waals surface area (Å²) in [6.45, 7) is -0.396. The normalized spacial score (nSPS) is 12.6.